The Morgan fingerprint density at radius 2 is 1.83 bits per heavy atom. The zero-order valence-electron chi connectivity index (χ0n) is 11.3. The minimum Gasteiger partial charge on any atom is -0.313 e. The van der Waals surface area contributed by atoms with Crippen LogP contribution in [-0.2, 0) is 0 Å². The highest BCUT2D eigenvalue weighted by molar-refractivity contribution is 5.02. The Morgan fingerprint density at radius 3 is 2.28 bits per heavy atom. The minimum atomic E-state index is -4.08. The van der Waals surface area contributed by atoms with E-state index >= 15 is 0 Å². The number of hydrogen-bond donors (Lipinski definition) is 1. The van der Waals surface area contributed by atoms with Crippen LogP contribution in [0.3, 0.4) is 0 Å². The fraction of sp³-hybridized carbons (Fsp3) is 1.00. The summed E-state index contributed by atoms with van der Waals surface area (Å²) in [7, 11) is 0. The molecule has 0 aromatic rings. The van der Waals surface area contributed by atoms with Crippen molar-refractivity contribution in [2.45, 2.75) is 63.8 Å². The molecule has 2 rings (SSSR count). The van der Waals surface area contributed by atoms with Crippen LogP contribution in [0.2, 0.25) is 0 Å². The highest BCUT2D eigenvalue weighted by Gasteiger charge is 2.56. The Labute approximate surface area is 107 Å². The van der Waals surface area contributed by atoms with Gasteiger partial charge in [-0.1, -0.05) is 0 Å². The standard InChI is InChI=1S/C13H23F3N2/c1-9-4-5-10(8-17-9)18-7-6-11(12(18,2)3)13(14,15)16/h9-11,17H,4-8H2,1-3H3. The molecule has 18 heavy (non-hydrogen) atoms. The average Bonchev–Trinajstić information content (AvgIpc) is 2.54. The summed E-state index contributed by atoms with van der Waals surface area (Å²) in [5, 5.41) is 3.38. The largest absolute Gasteiger partial charge is 0.393 e. The highest BCUT2D eigenvalue weighted by atomic mass is 19.4. The smallest absolute Gasteiger partial charge is 0.313 e. The third kappa shape index (κ3) is 2.52. The first-order chi connectivity index (χ1) is 8.23. The van der Waals surface area contributed by atoms with E-state index in [9.17, 15) is 13.2 Å². The lowest BCUT2D eigenvalue weighted by atomic mass is 9.86. The maximum atomic E-state index is 13.0. The van der Waals surface area contributed by atoms with Gasteiger partial charge >= 0.3 is 6.18 Å². The molecular formula is C13H23F3N2. The molecule has 106 valence electrons. The minimum absolute atomic E-state index is 0.239. The molecular weight excluding hydrogens is 241 g/mol. The van der Waals surface area contributed by atoms with Crippen LogP contribution in [0.5, 0.6) is 0 Å². The molecule has 2 heterocycles. The van der Waals surface area contributed by atoms with Gasteiger partial charge in [0.1, 0.15) is 0 Å². The van der Waals surface area contributed by atoms with E-state index in [1.165, 1.54) is 0 Å². The second kappa shape index (κ2) is 4.67. The van der Waals surface area contributed by atoms with Crippen molar-refractivity contribution >= 4 is 0 Å². The molecule has 3 atom stereocenters. The van der Waals surface area contributed by atoms with Gasteiger partial charge in [-0.2, -0.15) is 13.2 Å². The van der Waals surface area contributed by atoms with Crippen molar-refractivity contribution < 1.29 is 13.2 Å². The monoisotopic (exact) mass is 264 g/mol. The summed E-state index contributed by atoms with van der Waals surface area (Å²) in [5.41, 5.74) is -0.773. The van der Waals surface area contributed by atoms with Gasteiger partial charge in [-0.3, -0.25) is 4.90 Å². The van der Waals surface area contributed by atoms with Crippen LogP contribution in [0.4, 0.5) is 13.2 Å². The maximum Gasteiger partial charge on any atom is 0.393 e. The van der Waals surface area contributed by atoms with Gasteiger partial charge in [-0.25, -0.2) is 0 Å². The number of piperidine rings is 1. The predicted molar refractivity (Wildman–Crippen MR) is 65.4 cm³/mol. The zero-order chi connectivity index (χ0) is 13.6. The summed E-state index contributed by atoms with van der Waals surface area (Å²) >= 11 is 0. The Kier molecular flexibility index (Phi) is 3.67. The number of hydrogen-bond acceptors (Lipinski definition) is 2. The molecule has 2 nitrogen and oxygen atoms in total. The number of nitrogens with zero attached hydrogens (tertiary/aromatic N) is 1. The maximum absolute atomic E-state index is 13.0. The van der Waals surface area contributed by atoms with Crippen molar-refractivity contribution in [2.24, 2.45) is 5.92 Å². The van der Waals surface area contributed by atoms with E-state index in [1.54, 1.807) is 13.8 Å². The first-order valence-corrected chi connectivity index (χ1v) is 6.79. The number of rotatable bonds is 1. The van der Waals surface area contributed by atoms with Crippen LogP contribution in [-0.4, -0.2) is 41.8 Å². The zero-order valence-corrected chi connectivity index (χ0v) is 11.3. The number of likely N-dealkylation sites (tertiary alicyclic amines) is 1. The van der Waals surface area contributed by atoms with Crippen molar-refractivity contribution in [2.75, 3.05) is 13.1 Å². The first kappa shape index (κ1) is 14.1. The third-order valence-electron chi connectivity index (χ3n) is 4.72. The topological polar surface area (TPSA) is 15.3 Å². The van der Waals surface area contributed by atoms with Gasteiger partial charge in [0.2, 0.25) is 0 Å². The van der Waals surface area contributed by atoms with Crippen LogP contribution in [0, 0.1) is 5.92 Å². The molecule has 3 unspecified atom stereocenters. The summed E-state index contributed by atoms with van der Waals surface area (Å²) in [5.74, 6) is -1.19. The van der Waals surface area contributed by atoms with Crippen molar-refractivity contribution in [3.05, 3.63) is 0 Å². The molecule has 0 aromatic carbocycles. The predicted octanol–water partition coefficient (Wildman–Crippen LogP) is 2.79. The van der Waals surface area contributed by atoms with Crippen molar-refractivity contribution in [1.29, 1.82) is 0 Å². The highest BCUT2D eigenvalue weighted by Crippen LogP contribution is 2.46. The number of nitrogens with one attached hydrogen (secondary N) is 1. The lowest BCUT2D eigenvalue weighted by molar-refractivity contribution is -0.193. The summed E-state index contributed by atoms with van der Waals surface area (Å²) in [6, 6.07) is 0.744. The normalized spacial score (nSPS) is 38.0. The van der Waals surface area contributed by atoms with E-state index in [0.29, 0.717) is 12.6 Å². The Bertz CT molecular complexity index is 293. The molecule has 2 aliphatic rings. The van der Waals surface area contributed by atoms with Gasteiger partial charge in [0, 0.05) is 24.2 Å². The second-order valence-corrected chi connectivity index (χ2v) is 6.27. The lowest BCUT2D eigenvalue weighted by Gasteiger charge is -2.44. The average molecular weight is 264 g/mol. The van der Waals surface area contributed by atoms with Crippen LogP contribution >= 0.6 is 0 Å². The third-order valence-corrected chi connectivity index (χ3v) is 4.72. The Morgan fingerprint density at radius 1 is 1.17 bits per heavy atom. The van der Waals surface area contributed by atoms with Gasteiger partial charge in [-0.05, 0) is 46.6 Å². The number of alkyl halides is 3. The second-order valence-electron chi connectivity index (χ2n) is 6.27. The summed E-state index contributed by atoms with van der Waals surface area (Å²) in [6.45, 7) is 7.00. The molecule has 0 amide bonds. The van der Waals surface area contributed by atoms with Gasteiger partial charge < -0.3 is 5.32 Å². The van der Waals surface area contributed by atoms with E-state index in [1.807, 2.05) is 0 Å². The molecule has 0 spiro atoms. The Balaban J connectivity index is 2.07. The van der Waals surface area contributed by atoms with Crippen LogP contribution < -0.4 is 5.32 Å². The molecule has 0 saturated carbocycles. The van der Waals surface area contributed by atoms with Gasteiger partial charge in [0.05, 0.1) is 5.92 Å². The van der Waals surface area contributed by atoms with E-state index in [-0.39, 0.29) is 12.5 Å². The first-order valence-electron chi connectivity index (χ1n) is 6.79. The summed E-state index contributed by atoms with van der Waals surface area (Å²) in [4.78, 5) is 2.07. The van der Waals surface area contributed by atoms with Crippen LogP contribution in [0.1, 0.15) is 40.0 Å². The molecule has 5 heteroatoms. The SMILES string of the molecule is CC1CCC(N2CCC(C(F)(F)F)C2(C)C)CN1. The van der Waals surface area contributed by atoms with E-state index < -0.39 is 17.6 Å². The van der Waals surface area contributed by atoms with Crippen molar-refractivity contribution in [3.63, 3.8) is 0 Å². The molecule has 2 fully saturated rings. The summed E-state index contributed by atoms with van der Waals surface area (Å²) < 4.78 is 39.0. The fourth-order valence-electron chi connectivity index (χ4n) is 3.58. The molecule has 2 aliphatic heterocycles. The van der Waals surface area contributed by atoms with Gasteiger partial charge in [0.25, 0.3) is 0 Å². The summed E-state index contributed by atoms with van der Waals surface area (Å²) in [6.07, 6.45) is -1.79. The molecule has 2 saturated heterocycles. The van der Waals surface area contributed by atoms with Crippen LogP contribution in [0.15, 0.2) is 0 Å². The molecule has 0 aliphatic carbocycles. The van der Waals surface area contributed by atoms with E-state index in [0.717, 1.165) is 19.4 Å². The fourth-order valence-corrected chi connectivity index (χ4v) is 3.58. The Hall–Kier alpha value is -0.290. The van der Waals surface area contributed by atoms with Crippen molar-refractivity contribution in [3.8, 4) is 0 Å². The molecule has 0 aromatic heterocycles. The van der Waals surface area contributed by atoms with Crippen molar-refractivity contribution in [1.82, 2.24) is 10.2 Å². The van der Waals surface area contributed by atoms with E-state index in [4.69, 9.17) is 0 Å². The molecule has 0 radical (unpaired) electrons. The van der Waals surface area contributed by atoms with E-state index in [2.05, 4.69) is 17.1 Å². The quantitative estimate of drug-likeness (QED) is 0.783. The van der Waals surface area contributed by atoms with Gasteiger partial charge in [0.15, 0.2) is 0 Å². The van der Waals surface area contributed by atoms with Gasteiger partial charge in [-0.15, -0.1) is 0 Å². The number of halogens is 3. The molecule has 1 N–H and O–H groups in total. The molecule has 0 bridgehead atoms. The van der Waals surface area contributed by atoms with Crippen LogP contribution in [0.25, 0.3) is 0 Å². The lowest BCUT2D eigenvalue weighted by Crippen LogP contribution is -2.56.